The van der Waals surface area contributed by atoms with Gasteiger partial charge in [0.15, 0.2) is 0 Å². The van der Waals surface area contributed by atoms with Gasteiger partial charge in [-0.2, -0.15) is 0 Å². The lowest BCUT2D eigenvalue weighted by molar-refractivity contribution is -0.139. The van der Waals surface area contributed by atoms with Gasteiger partial charge in [-0.1, -0.05) is 12.1 Å². The lowest BCUT2D eigenvalue weighted by Gasteiger charge is -2.31. The van der Waals surface area contributed by atoms with E-state index in [0.29, 0.717) is 17.9 Å². The normalized spacial score (nSPS) is 11.9. The van der Waals surface area contributed by atoms with Crippen LogP contribution < -0.4 is 19.1 Å². The minimum absolute atomic E-state index is 0.0191. The molecule has 0 unspecified atom stereocenters. The summed E-state index contributed by atoms with van der Waals surface area (Å²) < 4.78 is 50.1. The second kappa shape index (κ2) is 11.7. The minimum Gasteiger partial charge on any atom is -0.497 e. The number of likely N-dealkylation sites (N-methyl/N-ethyl adjacent to an activating group) is 1. The van der Waals surface area contributed by atoms with Crippen molar-refractivity contribution in [2.45, 2.75) is 26.4 Å². The minimum atomic E-state index is -3.92. The number of ether oxygens (including phenoxy) is 2. The molecule has 0 aliphatic carbocycles. The van der Waals surface area contributed by atoms with Crippen LogP contribution in [0.4, 0.5) is 10.1 Å². The molecule has 0 saturated carbocycles. The van der Waals surface area contributed by atoms with Crippen molar-refractivity contribution in [2.75, 3.05) is 37.9 Å². The number of sulfonamides is 1. The molecular weight excluding hydrogens is 465 g/mol. The van der Waals surface area contributed by atoms with Gasteiger partial charge in [0.25, 0.3) is 0 Å². The highest BCUT2D eigenvalue weighted by molar-refractivity contribution is 7.92. The fourth-order valence-electron chi connectivity index (χ4n) is 3.28. The van der Waals surface area contributed by atoms with Gasteiger partial charge in [-0.3, -0.25) is 13.9 Å². The van der Waals surface area contributed by atoms with Crippen LogP contribution in [-0.2, 0) is 26.2 Å². The number of hydrogen-bond acceptors (Lipinski definition) is 6. The molecule has 11 heteroatoms. The van der Waals surface area contributed by atoms with Crippen LogP contribution in [-0.4, -0.2) is 64.7 Å². The Morgan fingerprint density at radius 2 is 1.74 bits per heavy atom. The van der Waals surface area contributed by atoms with Gasteiger partial charge in [0.1, 0.15) is 29.9 Å². The summed E-state index contributed by atoms with van der Waals surface area (Å²) in [7, 11) is -1.08. The van der Waals surface area contributed by atoms with Crippen LogP contribution in [0.1, 0.15) is 19.4 Å². The number of methoxy groups -OCH3 is 2. The molecule has 0 radical (unpaired) electrons. The number of carbonyl (C=O) groups excluding carboxylic acids is 2. The molecule has 2 aromatic rings. The van der Waals surface area contributed by atoms with E-state index in [1.54, 1.807) is 19.9 Å². The number of amides is 2. The first kappa shape index (κ1) is 26.9. The zero-order chi connectivity index (χ0) is 25.5. The third-order valence-electron chi connectivity index (χ3n) is 5.12. The van der Waals surface area contributed by atoms with Crippen LogP contribution in [0.25, 0.3) is 0 Å². The van der Waals surface area contributed by atoms with Crippen LogP contribution in [0.15, 0.2) is 42.5 Å². The maximum atomic E-state index is 13.4. The Morgan fingerprint density at radius 1 is 1.09 bits per heavy atom. The second-order valence-electron chi connectivity index (χ2n) is 7.53. The van der Waals surface area contributed by atoms with Crippen LogP contribution >= 0.6 is 0 Å². The molecule has 0 bridgehead atoms. The molecule has 1 N–H and O–H groups in total. The maximum Gasteiger partial charge on any atom is 0.244 e. The van der Waals surface area contributed by atoms with Gasteiger partial charge in [-0.15, -0.1) is 0 Å². The van der Waals surface area contributed by atoms with E-state index in [9.17, 15) is 22.4 Å². The fraction of sp³-hybridized carbons (Fsp3) is 0.391. The third kappa shape index (κ3) is 6.83. The van der Waals surface area contributed by atoms with Gasteiger partial charge in [-0.25, -0.2) is 12.8 Å². The van der Waals surface area contributed by atoms with Crippen molar-refractivity contribution in [3.8, 4) is 11.5 Å². The van der Waals surface area contributed by atoms with E-state index in [4.69, 9.17) is 9.47 Å². The second-order valence-corrected chi connectivity index (χ2v) is 9.43. The summed E-state index contributed by atoms with van der Waals surface area (Å²) in [6.45, 7) is 3.06. The molecule has 9 nitrogen and oxygen atoms in total. The first-order chi connectivity index (χ1) is 16.0. The zero-order valence-electron chi connectivity index (χ0n) is 19.9. The highest BCUT2D eigenvalue weighted by Gasteiger charge is 2.31. The van der Waals surface area contributed by atoms with Crippen LogP contribution in [0.2, 0.25) is 0 Å². The average molecular weight is 496 g/mol. The first-order valence-corrected chi connectivity index (χ1v) is 12.4. The van der Waals surface area contributed by atoms with Crippen LogP contribution in [0.5, 0.6) is 11.5 Å². The lowest BCUT2D eigenvalue weighted by Crippen LogP contribution is -2.51. The summed E-state index contributed by atoms with van der Waals surface area (Å²) in [6, 6.07) is 9.13. The van der Waals surface area contributed by atoms with Crippen molar-refractivity contribution in [1.82, 2.24) is 10.2 Å². The highest BCUT2D eigenvalue weighted by Crippen LogP contribution is 2.33. The number of carbonyl (C=O) groups is 2. The quantitative estimate of drug-likeness (QED) is 0.512. The van der Waals surface area contributed by atoms with Crippen molar-refractivity contribution >= 4 is 27.5 Å². The number of anilines is 1. The summed E-state index contributed by atoms with van der Waals surface area (Å²) in [6.07, 6.45) is 0.974. The van der Waals surface area contributed by atoms with Crippen molar-refractivity contribution < 1.29 is 31.9 Å². The number of benzene rings is 2. The molecule has 0 fully saturated rings. The molecule has 0 aliphatic rings. The van der Waals surface area contributed by atoms with Crippen molar-refractivity contribution in [2.24, 2.45) is 0 Å². The maximum absolute atomic E-state index is 13.4. The Kier molecular flexibility index (Phi) is 9.25. The third-order valence-corrected chi connectivity index (χ3v) is 6.25. The molecule has 0 heterocycles. The molecular formula is C23H30FN3O6S. The summed E-state index contributed by atoms with van der Waals surface area (Å²) >= 11 is 0. The molecule has 0 saturated heterocycles. The molecule has 2 rings (SSSR count). The SMILES string of the molecule is CCNC(=O)[C@@H](C)N(Cc1ccc(F)cc1)C(=O)CN(c1ccc(OC)cc1OC)S(C)(=O)=O. The van der Waals surface area contributed by atoms with E-state index in [-0.39, 0.29) is 18.0 Å². The highest BCUT2D eigenvalue weighted by atomic mass is 32.2. The molecule has 2 amide bonds. The van der Waals surface area contributed by atoms with E-state index in [1.165, 1.54) is 55.5 Å². The monoisotopic (exact) mass is 495 g/mol. The van der Waals surface area contributed by atoms with Crippen LogP contribution in [0.3, 0.4) is 0 Å². The van der Waals surface area contributed by atoms with E-state index in [2.05, 4.69) is 5.32 Å². The van der Waals surface area contributed by atoms with Gasteiger partial charge in [-0.05, 0) is 43.7 Å². The number of nitrogens with zero attached hydrogens (tertiary/aromatic N) is 2. The number of nitrogens with one attached hydrogen (secondary N) is 1. The lowest BCUT2D eigenvalue weighted by atomic mass is 10.1. The molecule has 2 aromatic carbocycles. The van der Waals surface area contributed by atoms with Gasteiger partial charge < -0.3 is 19.7 Å². The van der Waals surface area contributed by atoms with Crippen molar-refractivity contribution in [1.29, 1.82) is 0 Å². The largest absolute Gasteiger partial charge is 0.497 e. The van der Waals surface area contributed by atoms with E-state index in [0.717, 1.165) is 10.6 Å². The molecule has 0 spiro atoms. The molecule has 34 heavy (non-hydrogen) atoms. The van der Waals surface area contributed by atoms with Crippen LogP contribution in [0, 0.1) is 5.82 Å². The Balaban J connectivity index is 2.44. The standard InChI is InChI=1S/C23H30FN3O6S/c1-6-25-23(29)16(2)26(14-17-7-9-18(24)10-8-17)22(28)15-27(34(5,30)31)20-12-11-19(32-3)13-21(20)33-4/h7-13,16H,6,14-15H2,1-5H3,(H,25,29)/t16-/m1/s1. The molecule has 1 atom stereocenters. The molecule has 0 aliphatic heterocycles. The molecule has 0 aromatic heterocycles. The Bertz CT molecular complexity index is 1110. The number of halogens is 1. The topological polar surface area (TPSA) is 105 Å². The summed E-state index contributed by atoms with van der Waals surface area (Å²) in [5.41, 5.74) is 0.727. The average Bonchev–Trinajstić information content (AvgIpc) is 2.80. The van der Waals surface area contributed by atoms with Crippen molar-refractivity contribution in [3.05, 3.63) is 53.8 Å². The van der Waals surface area contributed by atoms with E-state index < -0.39 is 40.2 Å². The smallest absolute Gasteiger partial charge is 0.244 e. The van der Waals surface area contributed by atoms with Gasteiger partial charge in [0, 0.05) is 19.2 Å². The van der Waals surface area contributed by atoms with Gasteiger partial charge in [0.05, 0.1) is 26.2 Å². The molecule has 186 valence electrons. The Labute approximate surface area is 199 Å². The predicted octanol–water partition coefficient (Wildman–Crippen LogP) is 2.16. The number of hydrogen-bond donors (Lipinski definition) is 1. The zero-order valence-corrected chi connectivity index (χ0v) is 20.7. The van der Waals surface area contributed by atoms with E-state index in [1.807, 2.05) is 0 Å². The summed E-state index contributed by atoms with van der Waals surface area (Å²) in [4.78, 5) is 27.2. The summed E-state index contributed by atoms with van der Waals surface area (Å²) in [5, 5.41) is 2.66. The summed E-state index contributed by atoms with van der Waals surface area (Å²) in [5.74, 6) is -0.812. The van der Waals surface area contributed by atoms with E-state index >= 15 is 0 Å². The van der Waals surface area contributed by atoms with Gasteiger partial charge in [0.2, 0.25) is 21.8 Å². The predicted molar refractivity (Wildman–Crippen MR) is 127 cm³/mol. The van der Waals surface area contributed by atoms with Crippen molar-refractivity contribution in [3.63, 3.8) is 0 Å². The first-order valence-electron chi connectivity index (χ1n) is 10.5. The number of rotatable bonds is 11. The fourth-order valence-corrected chi connectivity index (χ4v) is 4.13. The Morgan fingerprint density at radius 3 is 2.26 bits per heavy atom. The Hall–Kier alpha value is -3.34. The van der Waals surface area contributed by atoms with Gasteiger partial charge >= 0.3 is 0 Å².